The van der Waals surface area contributed by atoms with Crippen LogP contribution in [0.3, 0.4) is 0 Å². The van der Waals surface area contributed by atoms with Crippen molar-refractivity contribution in [2.45, 2.75) is 25.9 Å². The molecule has 0 spiro atoms. The Bertz CT molecular complexity index is 788. The molecule has 1 aliphatic rings. The number of nitrogens with zero attached hydrogens (tertiary/aromatic N) is 6. The van der Waals surface area contributed by atoms with Crippen LogP contribution in [0.15, 0.2) is 18.6 Å². The lowest BCUT2D eigenvalue weighted by atomic mass is 10.1. The van der Waals surface area contributed by atoms with E-state index in [1.54, 1.807) is 17.7 Å². The number of rotatable bonds is 5. The van der Waals surface area contributed by atoms with Gasteiger partial charge in [-0.2, -0.15) is 0 Å². The number of carbonyl (C=O) groups is 1. The van der Waals surface area contributed by atoms with Crippen LogP contribution in [-0.2, 0) is 18.4 Å². The number of nitro groups is 1. The van der Waals surface area contributed by atoms with Crippen molar-refractivity contribution in [3.8, 4) is 0 Å². The predicted molar refractivity (Wildman–Crippen MR) is 96.0 cm³/mol. The smallest absolute Gasteiger partial charge is 0.358 e. The Labute approximate surface area is 156 Å². The van der Waals surface area contributed by atoms with Gasteiger partial charge >= 0.3 is 5.82 Å². The van der Waals surface area contributed by atoms with Gasteiger partial charge in [0.1, 0.15) is 18.1 Å². The Morgan fingerprint density at radius 3 is 2.88 bits per heavy atom. The Hall–Kier alpha value is -2.46. The van der Waals surface area contributed by atoms with E-state index in [1.807, 2.05) is 22.7 Å². The fraction of sp³-hybridized carbons (Fsp3) is 0.533. The van der Waals surface area contributed by atoms with Crippen LogP contribution in [0.25, 0.3) is 0 Å². The molecular formula is C15H22ClN7O3. The fourth-order valence-electron chi connectivity index (χ4n) is 3.10. The molecule has 2 aromatic rings. The molecule has 1 amide bonds. The van der Waals surface area contributed by atoms with Gasteiger partial charge in [-0.3, -0.25) is 4.79 Å². The van der Waals surface area contributed by atoms with Crippen LogP contribution in [0.5, 0.6) is 0 Å². The number of imidazole rings is 2. The van der Waals surface area contributed by atoms with E-state index in [-0.39, 0.29) is 36.6 Å². The molecule has 11 heteroatoms. The topological polar surface area (TPSA) is 111 Å². The summed E-state index contributed by atoms with van der Waals surface area (Å²) in [4.78, 5) is 33.1. The summed E-state index contributed by atoms with van der Waals surface area (Å²) >= 11 is 0. The normalized spacial score (nSPS) is 17.0. The van der Waals surface area contributed by atoms with Gasteiger partial charge in [0.25, 0.3) is 0 Å². The summed E-state index contributed by atoms with van der Waals surface area (Å²) in [7, 11) is 1.91. The molecular weight excluding hydrogens is 362 g/mol. The molecule has 1 aliphatic heterocycles. The van der Waals surface area contributed by atoms with Gasteiger partial charge in [-0.05, 0) is 9.91 Å². The van der Waals surface area contributed by atoms with Crippen molar-refractivity contribution in [2.24, 2.45) is 7.05 Å². The lowest BCUT2D eigenvalue weighted by molar-refractivity contribution is -0.389. The van der Waals surface area contributed by atoms with Crippen molar-refractivity contribution in [2.75, 3.05) is 19.6 Å². The average Bonchev–Trinajstić information content (AvgIpc) is 3.18. The monoisotopic (exact) mass is 383 g/mol. The highest BCUT2D eigenvalue weighted by atomic mass is 35.5. The van der Waals surface area contributed by atoms with E-state index in [1.165, 1.54) is 6.20 Å². The third-order valence-corrected chi connectivity index (χ3v) is 4.44. The maximum atomic E-state index is 12.7. The Balaban J connectivity index is 0.00000243. The van der Waals surface area contributed by atoms with Crippen molar-refractivity contribution in [3.63, 3.8) is 0 Å². The van der Waals surface area contributed by atoms with Gasteiger partial charge in [0.15, 0.2) is 0 Å². The number of hydrogen-bond acceptors (Lipinski definition) is 6. The second-order valence-electron chi connectivity index (χ2n) is 6.05. The standard InChI is InChI=1S/C15H21N7O3.ClH/c1-11-18-13(22(24)25)10-20(11)6-3-14(23)21-8-4-16-9-12(21)15-17-5-7-19(15)2;/h5,7,10,12,16H,3-4,6,8-9H2,1-2H3;1H. The predicted octanol–water partition coefficient (Wildman–Crippen LogP) is 0.818. The molecule has 1 N–H and O–H groups in total. The molecule has 1 saturated heterocycles. The molecule has 1 fully saturated rings. The van der Waals surface area contributed by atoms with E-state index < -0.39 is 4.92 Å². The molecule has 3 rings (SSSR count). The van der Waals surface area contributed by atoms with Crippen LogP contribution in [-0.4, -0.2) is 54.5 Å². The van der Waals surface area contributed by atoms with Crippen LogP contribution in [0.1, 0.15) is 24.1 Å². The number of halogens is 1. The molecule has 0 saturated carbocycles. The van der Waals surface area contributed by atoms with E-state index in [0.29, 0.717) is 25.5 Å². The minimum Gasteiger partial charge on any atom is -0.358 e. The van der Waals surface area contributed by atoms with Crippen molar-refractivity contribution in [3.05, 3.63) is 40.4 Å². The molecule has 0 bridgehead atoms. The molecule has 1 unspecified atom stereocenters. The maximum Gasteiger partial charge on any atom is 0.381 e. The Morgan fingerprint density at radius 1 is 1.50 bits per heavy atom. The summed E-state index contributed by atoms with van der Waals surface area (Å²) in [5.74, 6) is 1.18. The second kappa shape index (κ2) is 8.28. The highest BCUT2D eigenvalue weighted by Crippen LogP contribution is 2.21. The summed E-state index contributed by atoms with van der Waals surface area (Å²) < 4.78 is 3.56. The zero-order valence-electron chi connectivity index (χ0n) is 14.7. The van der Waals surface area contributed by atoms with E-state index in [4.69, 9.17) is 0 Å². The number of nitrogens with one attached hydrogen (secondary N) is 1. The van der Waals surface area contributed by atoms with E-state index in [0.717, 1.165) is 12.4 Å². The SMILES string of the molecule is Cc1nc([N+](=O)[O-])cn1CCC(=O)N1CCNCC1c1nccn1C.Cl. The van der Waals surface area contributed by atoms with Gasteiger partial charge in [-0.25, -0.2) is 4.98 Å². The summed E-state index contributed by atoms with van der Waals surface area (Å²) in [6.45, 7) is 4.07. The van der Waals surface area contributed by atoms with Gasteiger partial charge in [0.2, 0.25) is 11.7 Å². The zero-order valence-corrected chi connectivity index (χ0v) is 15.5. The molecule has 10 nitrogen and oxygen atoms in total. The number of piperazine rings is 1. The van der Waals surface area contributed by atoms with E-state index >= 15 is 0 Å². The highest BCUT2D eigenvalue weighted by molar-refractivity contribution is 5.85. The molecule has 0 aromatic carbocycles. The first kappa shape index (κ1) is 19.9. The van der Waals surface area contributed by atoms with Crippen molar-refractivity contribution in [1.82, 2.24) is 29.3 Å². The maximum absolute atomic E-state index is 12.7. The largest absolute Gasteiger partial charge is 0.381 e. The zero-order chi connectivity index (χ0) is 18.0. The Kier molecular flexibility index (Phi) is 6.32. The fourth-order valence-corrected chi connectivity index (χ4v) is 3.10. The number of carbonyl (C=O) groups excluding carboxylic acids is 1. The molecule has 3 heterocycles. The van der Waals surface area contributed by atoms with Gasteiger partial charge in [0.05, 0.1) is 0 Å². The number of aryl methyl sites for hydroxylation is 3. The summed E-state index contributed by atoms with van der Waals surface area (Å²) in [5.41, 5.74) is 0. The lowest BCUT2D eigenvalue weighted by Crippen LogP contribution is -2.49. The van der Waals surface area contributed by atoms with E-state index in [9.17, 15) is 14.9 Å². The van der Waals surface area contributed by atoms with E-state index in [2.05, 4.69) is 15.3 Å². The molecule has 2 aromatic heterocycles. The molecule has 26 heavy (non-hydrogen) atoms. The first-order chi connectivity index (χ1) is 12.0. The number of aromatic nitrogens is 4. The van der Waals surface area contributed by atoms with Gasteiger partial charge in [-0.15, -0.1) is 12.4 Å². The van der Waals surface area contributed by atoms with Crippen LogP contribution >= 0.6 is 12.4 Å². The molecule has 1 atom stereocenters. The number of hydrogen-bond donors (Lipinski definition) is 1. The lowest BCUT2D eigenvalue weighted by Gasteiger charge is -2.35. The third kappa shape index (κ3) is 4.02. The van der Waals surface area contributed by atoms with Crippen molar-refractivity contribution in [1.29, 1.82) is 0 Å². The first-order valence-corrected chi connectivity index (χ1v) is 8.13. The van der Waals surface area contributed by atoms with Crippen LogP contribution < -0.4 is 5.32 Å². The van der Waals surface area contributed by atoms with Crippen molar-refractivity contribution >= 4 is 24.1 Å². The second-order valence-corrected chi connectivity index (χ2v) is 6.05. The number of amides is 1. The quantitative estimate of drug-likeness (QED) is 0.604. The van der Waals surface area contributed by atoms with Gasteiger partial charge < -0.3 is 29.5 Å². The van der Waals surface area contributed by atoms with Crippen LogP contribution in [0, 0.1) is 17.0 Å². The molecule has 142 valence electrons. The van der Waals surface area contributed by atoms with Crippen molar-refractivity contribution < 1.29 is 9.72 Å². The summed E-state index contributed by atoms with van der Waals surface area (Å²) in [6.07, 6.45) is 5.22. The summed E-state index contributed by atoms with van der Waals surface area (Å²) in [5, 5.41) is 14.1. The summed E-state index contributed by atoms with van der Waals surface area (Å²) in [6, 6.07) is -0.112. The van der Waals surface area contributed by atoms with Crippen LogP contribution in [0.4, 0.5) is 5.82 Å². The third-order valence-electron chi connectivity index (χ3n) is 4.44. The Morgan fingerprint density at radius 2 is 2.27 bits per heavy atom. The van der Waals surface area contributed by atoms with Crippen LogP contribution in [0.2, 0.25) is 0 Å². The molecule has 0 radical (unpaired) electrons. The minimum atomic E-state index is -0.529. The highest BCUT2D eigenvalue weighted by Gasteiger charge is 2.30. The van der Waals surface area contributed by atoms with Gasteiger partial charge in [-0.1, -0.05) is 0 Å². The first-order valence-electron chi connectivity index (χ1n) is 8.13. The average molecular weight is 384 g/mol. The van der Waals surface area contributed by atoms with Gasteiger partial charge in [0, 0.05) is 59.0 Å². The minimum absolute atomic E-state index is 0. The molecule has 0 aliphatic carbocycles.